The summed E-state index contributed by atoms with van der Waals surface area (Å²) in [5.41, 5.74) is 2.52. The van der Waals surface area contributed by atoms with Crippen molar-refractivity contribution in [2.24, 2.45) is 0 Å². The molecule has 2 aromatic rings. The molecule has 0 atom stereocenters. The molecule has 8 heteroatoms. The van der Waals surface area contributed by atoms with E-state index in [0.29, 0.717) is 12.7 Å². The standard InChI is InChI=1S/C10H10N2O4S2/c13-5-9-1-2-10(16-9)18(14,15)12-4-3-8-6-17-7-11-8/h1-2,5-7,12H,3-4H2. The van der Waals surface area contributed by atoms with Crippen molar-refractivity contribution in [1.82, 2.24) is 9.71 Å². The molecule has 0 bridgehead atoms. The van der Waals surface area contributed by atoms with Crippen LogP contribution in [0.2, 0.25) is 0 Å². The lowest BCUT2D eigenvalue weighted by molar-refractivity contribution is 0.109. The van der Waals surface area contributed by atoms with Crippen LogP contribution in [0.1, 0.15) is 16.2 Å². The van der Waals surface area contributed by atoms with Crippen LogP contribution >= 0.6 is 11.3 Å². The van der Waals surface area contributed by atoms with Gasteiger partial charge in [-0.05, 0) is 12.1 Å². The van der Waals surface area contributed by atoms with Crippen molar-refractivity contribution >= 4 is 27.6 Å². The summed E-state index contributed by atoms with van der Waals surface area (Å²) < 4.78 is 30.7. The van der Waals surface area contributed by atoms with E-state index in [1.807, 2.05) is 5.38 Å². The van der Waals surface area contributed by atoms with Crippen molar-refractivity contribution in [3.8, 4) is 0 Å². The zero-order chi connectivity index (χ0) is 13.0. The van der Waals surface area contributed by atoms with Crippen LogP contribution in [0.5, 0.6) is 0 Å². The highest BCUT2D eigenvalue weighted by Crippen LogP contribution is 2.12. The normalized spacial score (nSPS) is 11.6. The van der Waals surface area contributed by atoms with E-state index < -0.39 is 10.0 Å². The summed E-state index contributed by atoms with van der Waals surface area (Å²) in [4.78, 5) is 14.4. The second kappa shape index (κ2) is 5.42. The molecule has 0 aromatic carbocycles. The largest absolute Gasteiger partial charge is 0.440 e. The summed E-state index contributed by atoms with van der Waals surface area (Å²) in [5.74, 6) is -0.0186. The summed E-state index contributed by atoms with van der Waals surface area (Å²) in [6.45, 7) is 0.225. The number of aromatic nitrogens is 1. The predicted molar refractivity (Wildman–Crippen MR) is 65.1 cm³/mol. The number of hydrogen-bond acceptors (Lipinski definition) is 6. The number of nitrogens with one attached hydrogen (secondary N) is 1. The lowest BCUT2D eigenvalue weighted by atomic mass is 10.3. The summed E-state index contributed by atoms with van der Waals surface area (Å²) in [7, 11) is -3.70. The van der Waals surface area contributed by atoms with Crippen LogP contribution in [-0.4, -0.2) is 26.2 Å². The quantitative estimate of drug-likeness (QED) is 0.802. The Kier molecular flexibility index (Phi) is 3.90. The molecular formula is C10H10N2O4S2. The zero-order valence-corrected chi connectivity index (χ0v) is 10.8. The van der Waals surface area contributed by atoms with Gasteiger partial charge in [-0.15, -0.1) is 11.3 Å². The van der Waals surface area contributed by atoms with Crippen molar-refractivity contribution in [2.75, 3.05) is 6.54 Å². The highest BCUT2D eigenvalue weighted by molar-refractivity contribution is 7.89. The predicted octanol–water partition coefficient (Wildman–Crippen LogP) is 1.07. The number of rotatable bonds is 6. The van der Waals surface area contributed by atoms with Crippen molar-refractivity contribution in [1.29, 1.82) is 0 Å². The molecule has 0 aliphatic carbocycles. The molecule has 2 heterocycles. The fourth-order valence-electron chi connectivity index (χ4n) is 1.29. The van der Waals surface area contributed by atoms with Crippen molar-refractivity contribution in [2.45, 2.75) is 11.5 Å². The first-order valence-corrected chi connectivity index (χ1v) is 7.46. The van der Waals surface area contributed by atoms with Gasteiger partial charge in [0.2, 0.25) is 5.09 Å². The highest BCUT2D eigenvalue weighted by Gasteiger charge is 2.18. The number of thiazole rings is 1. The molecule has 0 aliphatic heterocycles. The van der Waals surface area contributed by atoms with Gasteiger partial charge in [0.25, 0.3) is 10.0 Å². The molecular weight excluding hydrogens is 276 g/mol. The molecule has 18 heavy (non-hydrogen) atoms. The minimum atomic E-state index is -3.70. The molecule has 96 valence electrons. The Morgan fingerprint density at radius 3 is 2.89 bits per heavy atom. The van der Waals surface area contributed by atoms with Crippen molar-refractivity contribution in [3.63, 3.8) is 0 Å². The Morgan fingerprint density at radius 2 is 2.28 bits per heavy atom. The number of carbonyl (C=O) groups excluding carboxylic acids is 1. The van der Waals surface area contributed by atoms with E-state index >= 15 is 0 Å². The van der Waals surface area contributed by atoms with E-state index in [0.717, 1.165) is 5.69 Å². The number of carbonyl (C=O) groups is 1. The zero-order valence-electron chi connectivity index (χ0n) is 9.20. The number of furan rings is 1. The van der Waals surface area contributed by atoms with E-state index in [2.05, 4.69) is 9.71 Å². The number of sulfonamides is 1. The second-order valence-corrected chi connectivity index (χ2v) is 5.82. The second-order valence-electron chi connectivity index (χ2n) is 3.40. The average molecular weight is 286 g/mol. The summed E-state index contributed by atoms with van der Waals surface area (Å²) in [6, 6.07) is 2.55. The van der Waals surface area contributed by atoms with E-state index in [-0.39, 0.29) is 17.4 Å². The molecule has 0 aliphatic rings. The van der Waals surface area contributed by atoms with Crippen LogP contribution in [-0.2, 0) is 16.4 Å². The van der Waals surface area contributed by atoms with Crippen LogP contribution in [0.3, 0.4) is 0 Å². The van der Waals surface area contributed by atoms with Crippen LogP contribution in [0.25, 0.3) is 0 Å². The number of hydrogen-bond donors (Lipinski definition) is 1. The van der Waals surface area contributed by atoms with Gasteiger partial charge in [-0.3, -0.25) is 4.79 Å². The Labute approximate surface area is 108 Å². The van der Waals surface area contributed by atoms with Gasteiger partial charge in [0.15, 0.2) is 12.0 Å². The molecule has 0 amide bonds. The highest BCUT2D eigenvalue weighted by atomic mass is 32.2. The Balaban J connectivity index is 1.97. The summed E-state index contributed by atoms with van der Waals surface area (Å²) >= 11 is 1.45. The van der Waals surface area contributed by atoms with Crippen LogP contribution in [0.15, 0.2) is 32.5 Å². The average Bonchev–Trinajstić information content (AvgIpc) is 2.99. The van der Waals surface area contributed by atoms with E-state index in [1.165, 1.54) is 23.5 Å². The first-order chi connectivity index (χ1) is 8.62. The SMILES string of the molecule is O=Cc1ccc(S(=O)(=O)NCCc2cscn2)o1. The molecule has 0 saturated carbocycles. The Morgan fingerprint density at radius 1 is 1.44 bits per heavy atom. The van der Waals surface area contributed by atoms with Gasteiger partial charge in [0.1, 0.15) is 0 Å². The Bertz CT molecular complexity index is 616. The van der Waals surface area contributed by atoms with Gasteiger partial charge in [-0.25, -0.2) is 18.1 Å². The van der Waals surface area contributed by atoms with E-state index in [4.69, 9.17) is 4.42 Å². The summed E-state index contributed by atoms with van der Waals surface area (Å²) in [5, 5.41) is 1.59. The maximum absolute atomic E-state index is 11.8. The van der Waals surface area contributed by atoms with E-state index in [1.54, 1.807) is 5.51 Å². The maximum Gasteiger partial charge on any atom is 0.273 e. The fourth-order valence-corrected chi connectivity index (χ4v) is 2.85. The fraction of sp³-hybridized carbons (Fsp3) is 0.200. The van der Waals surface area contributed by atoms with Gasteiger partial charge in [0.05, 0.1) is 11.2 Å². The Hall–Kier alpha value is -1.51. The first-order valence-electron chi connectivity index (χ1n) is 5.03. The molecule has 2 aromatic heterocycles. The molecule has 1 N–H and O–H groups in total. The van der Waals surface area contributed by atoms with Crippen molar-refractivity contribution in [3.05, 3.63) is 34.5 Å². The molecule has 2 rings (SSSR count). The monoisotopic (exact) mass is 286 g/mol. The van der Waals surface area contributed by atoms with Crippen molar-refractivity contribution < 1.29 is 17.6 Å². The van der Waals surface area contributed by atoms with Gasteiger partial charge in [-0.1, -0.05) is 0 Å². The van der Waals surface area contributed by atoms with Crippen LogP contribution in [0.4, 0.5) is 0 Å². The van der Waals surface area contributed by atoms with Gasteiger partial charge in [-0.2, -0.15) is 0 Å². The number of nitrogens with zero attached hydrogens (tertiary/aromatic N) is 1. The lowest BCUT2D eigenvalue weighted by Crippen LogP contribution is -2.25. The van der Waals surface area contributed by atoms with Gasteiger partial charge < -0.3 is 4.42 Å². The third kappa shape index (κ3) is 3.03. The minimum absolute atomic E-state index is 0.0186. The summed E-state index contributed by atoms with van der Waals surface area (Å²) in [6.07, 6.45) is 0.957. The number of aldehydes is 1. The van der Waals surface area contributed by atoms with Crippen LogP contribution < -0.4 is 4.72 Å². The van der Waals surface area contributed by atoms with Crippen LogP contribution in [0, 0.1) is 0 Å². The third-order valence-corrected chi connectivity index (χ3v) is 4.11. The molecule has 0 radical (unpaired) electrons. The molecule has 6 nitrogen and oxygen atoms in total. The van der Waals surface area contributed by atoms with E-state index in [9.17, 15) is 13.2 Å². The molecule has 0 fully saturated rings. The van der Waals surface area contributed by atoms with Gasteiger partial charge >= 0.3 is 0 Å². The maximum atomic E-state index is 11.8. The topological polar surface area (TPSA) is 89.3 Å². The van der Waals surface area contributed by atoms with Gasteiger partial charge in [0, 0.05) is 18.3 Å². The molecule has 0 saturated heterocycles. The smallest absolute Gasteiger partial charge is 0.273 e. The third-order valence-electron chi connectivity index (χ3n) is 2.14. The lowest BCUT2D eigenvalue weighted by Gasteiger charge is -2.02. The first kappa shape index (κ1) is 12.9. The molecule has 0 unspecified atom stereocenters. The minimum Gasteiger partial charge on any atom is -0.440 e. The molecule has 0 spiro atoms.